The standard InChI is InChI=1S/C15H26N2O/c1-12(2)7-8-15(4,18)11-16-10-14-6-5-13(3)9-17-14/h5-6,9,12,16,18H,7-8,10-11H2,1-4H3. The Kier molecular flexibility index (Phi) is 5.76. The highest BCUT2D eigenvalue weighted by atomic mass is 16.3. The molecule has 3 nitrogen and oxygen atoms in total. The van der Waals surface area contributed by atoms with Crippen molar-refractivity contribution in [2.24, 2.45) is 5.92 Å². The van der Waals surface area contributed by atoms with Gasteiger partial charge in [0.1, 0.15) is 0 Å². The second-order valence-corrected chi connectivity index (χ2v) is 5.86. The van der Waals surface area contributed by atoms with Crippen LogP contribution in [-0.4, -0.2) is 22.2 Å². The number of rotatable bonds is 7. The minimum Gasteiger partial charge on any atom is -0.389 e. The number of aryl methyl sites for hydroxylation is 1. The van der Waals surface area contributed by atoms with Crippen LogP contribution in [0.3, 0.4) is 0 Å². The van der Waals surface area contributed by atoms with E-state index in [9.17, 15) is 5.11 Å². The summed E-state index contributed by atoms with van der Waals surface area (Å²) in [6.45, 7) is 9.60. The molecule has 0 spiro atoms. The maximum atomic E-state index is 10.2. The fourth-order valence-electron chi connectivity index (χ4n) is 1.75. The van der Waals surface area contributed by atoms with E-state index in [1.54, 1.807) is 0 Å². The molecule has 0 aliphatic heterocycles. The molecule has 18 heavy (non-hydrogen) atoms. The van der Waals surface area contributed by atoms with Crippen LogP contribution in [0.5, 0.6) is 0 Å². The van der Waals surface area contributed by atoms with Crippen LogP contribution in [0, 0.1) is 12.8 Å². The summed E-state index contributed by atoms with van der Waals surface area (Å²) in [6, 6.07) is 4.08. The second-order valence-electron chi connectivity index (χ2n) is 5.86. The van der Waals surface area contributed by atoms with E-state index in [0.717, 1.165) is 18.5 Å². The fraction of sp³-hybridized carbons (Fsp3) is 0.667. The Bertz CT molecular complexity index is 344. The molecule has 1 atom stereocenters. The Morgan fingerprint density at radius 2 is 2.11 bits per heavy atom. The normalized spacial score (nSPS) is 14.8. The number of aliphatic hydroxyl groups is 1. The molecule has 102 valence electrons. The van der Waals surface area contributed by atoms with E-state index in [-0.39, 0.29) is 0 Å². The predicted octanol–water partition coefficient (Wildman–Crippen LogP) is 2.67. The molecule has 3 heteroatoms. The van der Waals surface area contributed by atoms with Crippen LogP contribution in [-0.2, 0) is 6.54 Å². The van der Waals surface area contributed by atoms with Crippen molar-refractivity contribution in [1.82, 2.24) is 10.3 Å². The summed E-state index contributed by atoms with van der Waals surface area (Å²) in [5.41, 5.74) is 1.55. The topological polar surface area (TPSA) is 45.1 Å². The molecule has 1 heterocycles. The largest absolute Gasteiger partial charge is 0.389 e. The molecule has 1 rings (SSSR count). The first-order chi connectivity index (χ1) is 8.39. The average Bonchev–Trinajstić information content (AvgIpc) is 2.29. The molecular weight excluding hydrogens is 224 g/mol. The Morgan fingerprint density at radius 1 is 1.39 bits per heavy atom. The zero-order valence-corrected chi connectivity index (χ0v) is 12.0. The van der Waals surface area contributed by atoms with Crippen LogP contribution in [0.25, 0.3) is 0 Å². The molecule has 1 unspecified atom stereocenters. The summed E-state index contributed by atoms with van der Waals surface area (Å²) in [7, 11) is 0. The lowest BCUT2D eigenvalue weighted by molar-refractivity contribution is 0.0450. The van der Waals surface area contributed by atoms with Crippen LogP contribution in [0.1, 0.15) is 44.9 Å². The van der Waals surface area contributed by atoms with E-state index in [0.29, 0.717) is 19.0 Å². The van der Waals surface area contributed by atoms with Gasteiger partial charge in [0, 0.05) is 19.3 Å². The van der Waals surface area contributed by atoms with E-state index in [4.69, 9.17) is 0 Å². The zero-order valence-electron chi connectivity index (χ0n) is 12.0. The summed E-state index contributed by atoms with van der Waals surface area (Å²) < 4.78 is 0. The van der Waals surface area contributed by atoms with Crippen molar-refractivity contribution >= 4 is 0 Å². The van der Waals surface area contributed by atoms with Gasteiger partial charge >= 0.3 is 0 Å². The smallest absolute Gasteiger partial charge is 0.0743 e. The molecule has 0 fully saturated rings. The molecule has 2 N–H and O–H groups in total. The predicted molar refractivity (Wildman–Crippen MR) is 75.4 cm³/mol. The van der Waals surface area contributed by atoms with Gasteiger partial charge in [0.15, 0.2) is 0 Å². The van der Waals surface area contributed by atoms with E-state index in [1.165, 1.54) is 5.56 Å². The highest BCUT2D eigenvalue weighted by Gasteiger charge is 2.19. The Morgan fingerprint density at radius 3 is 2.67 bits per heavy atom. The summed E-state index contributed by atoms with van der Waals surface area (Å²) in [5, 5.41) is 13.5. The van der Waals surface area contributed by atoms with Gasteiger partial charge in [-0.25, -0.2) is 0 Å². The van der Waals surface area contributed by atoms with E-state index in [1.807, 2.05) is 26.1 Å². The maximum absolute atomic E-state index is 10.2. The first-order valence-corrected chi connectivity index (χ1v) is 6.74. The lowest BCUT2D eigenvalue weighted by Crippen LogP contribution is -2.37. The van der Waals surface area contributed by atoms with E-state index < -0.39 is 5.60 Å². The minimum atomic E-state index is -0.630. The summed E-state index contributed by atoms with van der Waals surface area (Å²) in [5.74, 6) is 0.634. The third kappa shape index (κ3) is 6.12. The van der Waals surface area contributed by atoms with E-state index in [2.05, 4.69) is 30.2 Å². The number of hydrogen-bond donors (Lipinski definition) is 2. The molecule has 0 amide bonds. The van der Waals surface area contributed by atoms with Crippen molar-refractivity contribution in [2.45, 2.75) is 52.7 Å². The number of hydrogen-bond acceptors (Lipinski definition) is 3. The molecule has 0 radical (unpaired) electrons. The van der Waals surface area contributed by atoms with Crippen LogP contribution in [0.4, 0.5) is 0 Å². The highest BCUT2D eigenvalue weighted by Crippen LogP contribution is 2.15. The van der Waals surface area contributed by atoms with Crippen LogP contribution in [0.15, 0.2) is 18.3 Å². The first-order valence-electron chi connectivity index (χ1n) is 6.74. The first kappa shape index (κ1) is 15.1. The van der Waals surface area contributed by atoms with Crippen LogP contribution in [0.2, 0.25) is 0 Å². The summed E-state index contributed by atoms with van der Waals surface area (Å²) >= 11 is 0. The van der Waals surface area contributed by atoms with Crippen molar-refractivity contribution in [1.29, 1.82) is 0 Å². The average molecular weight is 250 g/mol. The lowest BCUT2D eigenvalue weighted by atomic mass is 9.95. The van der Waals surface area contributed by atoms with E-state index >= 15 is 0 Å². The zero-order chi connectivity index (χ0) is 13.6. The Balaban J connectivity index is 2.29. The van der Waals surface area contributed by atoms with Gasteiger partial charge in [0.2, 0.25) is 0 Å². The van der Waals surface area contributed by atoms with Crippen molar-refractivity contribution in [3.63, 3.8) is 0 Å². The molecule has 1 aromatic rings. The van der Waals surface area contributed by atoms with Crippen LogP contribution < -0.4 is 5.32 Å². The molecule has 0 aliphatic rings. The Labute approximate surface area is 111 Å². The van der Waals surface area contributed by atoms with Gasteiger partial charge in [0.05, 0.1) is 11.3 Å². The highest BCUT2D eigenvalue weighted by molar-refractivity contribution is 5.11. The quantitative estimate of drug-likeness (QED) is 0.782. The maximum Gasteiger partial charge on any atom is 0.0743 e. The second kappa shape index (κ2) is 6.86. The number of nitrogens with zero attached hydrogens (tertiary/aromatic N) is 1. The lowest BCUT2D eigenvalue weighted by Gasteiger charge is -2.24. The van der Waals surface area contributed by atoms with Gasteiger partial charge in [0.25, 0.3) is 0 Å². The number of pyridine rings is 1. The minimum absolute atomic E-state index is 0.606. The molecule has 0 saturated carbocycles. The third-order valence-electron chi connectivity index (χ3n) is 3.04. The molecule has 0 bridgehead atoms. The monoisotopic (exact) mass is 250 g/mol. The molecular formula is C15H26N2O. The van der Waals surface area contributed by atoms with Gasteiger partial charge in [-0.05, 0) is 44.2 Å². The van der Waals surface area contributed by atoms with Gasteiger partial charge in [-0.2, -0.15) is 0 Å². The molecule has 0 aliphatic carbocycles. The fourth-order valence-corrected chi connectivity index (χ4v) is 1.75. The van der Waals surface area contributed by atoms with Gasteiger partial charge < -0.3 is 10.4 Å². The summed E-state index contributed by atoms with van der Waals surface area (Å²) in [4.78, 5) is 4.33. The molecule has 0 saturated heterocycles. The third-order valence-corrected chi connectivity index (χ3v) is 3.04. The Hall–Kier alpha value is -0.930. The van der Waals surface area contributed by atoms with Crippen molar-refractivity contribution in [2.75, 3.05) is 6.54 Å². The van der Waals surface area contributed by atoms with Crippen molar-refractivity contribution < 1.29 is 5.11 Å². The SMILES string of the molecule is Cc1ccc(CNCC(C)(O)CCC(C)C)nc1. The van der Waals surface area contributed by atoms with Crippen molar-refractivity contribution in [3.8, 4) is 0 Å². The van der Waals surface area contributed by atoms with Crippen LogP contribution >= 0.6 is 0 Å². The molecule has 0 aromatic carbocycles. The number of nitrogens with one attached hydrogen (secondary N) is 1. The number of aromatic nitrogens is 1. The molecule has 1 aromatic heterocycles. The summed E-state index contributed by atoms with van der Waals surface area (Å²) in [6.07, 6.45) is 3.75. The van der Waals surface area contributed by atoms with Crippen molar-refractivity contribution in [3.05, 3.63) is 29.6 Å². The van der Waals surface area contributed by atoms with Gasteiger partial charge in [-0.1, -0.05) is 19.9 Å². The van der Waals surface area contributed by atoms with Gasteiger partial charge in [-0.15, -0.1) is 0 Å². The van der Waals surface area contributed by atoms with Gasteiger partial charge in [-0.3, -0.25) is 4.98 Å².